The lowest BCUT2D eigenvalue weighted by atomic mass is 9.87. The molecule has 0 aliphatic heterocycles. The van der Waals surface area contributed by atoms with Crippen LogP contribution in [0.1, 0.15) is 73.4 Å². The third kappa shape index (κ3) is 4.28. The minimum absolute atomic E-state index is 0.0644. The summed E-state index contributed by atoms with van der Waals surface area (Å²) in [7, 11) is 0. The molecule has 0 radical (unpaired) electrons. The summed E-state index contributed by atoms with van der Waals surface area (Å²) in [5.74, 6) is -1.10. The second-order valence-corrected chi connectivity index (χ2v) is 10.3. The molecule has 2 heterocycles. The Labute approximate surface area is 190 Å². The molecular weight excluding hydrogens is 432 g/mol. The van der Waals surface area contributed by atoms with Crippen LogP contribution >= 0.6 is 11.3 Å². The van der Waals surface area contributed by atoms with Crippen LogP contribution in [0.15, 0.2) is 24.3 Å². The molecule has 3 aromatic rings. The van der Waals surface area contributed by atoms with Gasteiger partial charge in [-0.05, 0) is 64.5 Å². The molecule has 0 spiro atoms. The second-order valence-electron chi connectivity index (χ2n) is 9.25. The molecule has 32 heavy (non-hydrogen) atoms. The number of benzene rings is 1. The normalized spacial score (nSPS) is 15.2. The molecule has 0 amide bonds. The van der Waals surface area contributed by atoms with Crippen LogP contribution in [0.3, 0.4) is 0 Å². The molecule has 1 atom stereocenters. The van der Waals surface area contributed by atoms with Crippen LogP contribution in [0, 0.1) is 6.92 Å². The van der Waals surface area contributed by atoms with Gasteiger partial charge in [0.25, 0.3) is 6.43 Å². The fraction of sp³-hybridized carbons (Fsp3) is 0.440. The molecule has 7 heteroatoms. The zero-order valence-electron chi connectivity index (χ0n) is 18.7. The number of thiophene rings is 1. The van der Waals surface area contributed by atoms with Gasteiger partial charge < -0.3 is 9.84 Å². The van der Waals surface area contributed by atoms with Crippen molar-refractivity contribution in [3.63, 3.8) is 0 Å². The number of carboxylic acids is 1. The number of carboxylic acid groups (broad SMARTS) is 1. The Morgan fingerprint density at radius 1 is 1.16 bits per heavy atom. The van der Waals surface area contributed by atoms with Crippen molar-refractivity contribution in [3.05, 3.63) is 51.5 Å². The summed E-state index contributed by atoms with van der Waals surface area (Å²) in [6.07, 6.45) is 0.277. The molecule has 170 valence electrons. The van der Waals surface area contributed by atoms with Crippen LogP contribution in [0.25, 0.3) is 21.3 Å². The highest BCUT2D eigenvalue weighted by Crippen LogP contribution is 2.45. The van der Waals surface area contributed by atoms with Gasteiger partial charge in [-0.2, -0.15) is 0 Å². The van der Waals surface area contributed by atoms with Crippen LogP contribution in [-0.2, 0) is 22.4 Å². The molecule has 0 unspecified atom stereocenters. The highest BCUT2D eigenvalue weighted by molar-refractivity contribution is 7.19. The first-order valence-electron chi connectivity index (χ1n) is 10.8. The summed E-state index contributed by atoms with van der Waals surface area (Å²) in [5.41, 5.74) is 2.97. The zero-order chi connectivity index (χ0) is 23.2. The van der Waals surface area contributed by atoms with Crippen LogP contribution in [0.2, 0.25) is 0 Å². The van der Waals surface area contributed by atoms with Gasteiger partial charge in [-0.15, -0.1) is 11.3 Å². The van der Waals surface area contributed by atoms with E-state index in [0.29, 0.717) is 16.8 Å². The average molecular weight is 460 g/mol. The van der Waals surface area contributed by atoms with E-state index in [-0.39, 0.29) is 5.56 Å². The summed E-state index contributed by atoms with van der Waals surface area (Å²) in [4.78, 5) is 19.3. The van der Waals surface area contributed by atoms with Crippen molar-refractivity contribution < 1.29 is 23.4 Å². The number of ether oxygens (including phenoxy) is 1. The van der Waals surface area contributed by atoms with Crippen molar-refractivity contribution in [2.45, 2.75) is 71.5 Å². The van der Waals surface area contributed by atoms with Gasteiger partial charge in [0.05, 0.1) is 5.60 Å². The molecule has 2 aromatic heterocycles. The first kappa shape index (κ1) is 22.8. The number of carbonyl (C=O) groups is 1. The number of nitrogens with zero attached hydrogens (tertiary/aromatic N) is 1. The fourth-order valence-corrected chi connectivity index (χ4v) is 5.74. The summed E-state index contributed by atoms with van der Waals surface area (Å²) in [5, 5.41) is 11.1. The lowest BCUT2D eigenvalue weighted by molar-refractivity contribution is -0.160. The van der Waals surface area contributed by atoms with Crippen LogP contribution in [0.4, 0.5) is 8.78 Å². The molecule has 0 saturated carbocycles. The van der Waals surface area contributed by atoms with Crippen molar-refractivity contribution in [1.29, 1.82) is 0 Å². The molecule has 1 N–H and O–H groups in total. The molecular formula is C25H27F2NO3S. The molecule has 0 saturated heterocycles. The fourth-order valence-electron chi connectivity index (χ4n) is 4.42. The standard InChI is InChI=1S/C25H27F2NO3S/c1-13-18(21(24(29)30)31-25(2,3)4)19(14-9-11-15(12-10-14)22(26)27)20-16-7-5-6-8-17(16)32-23(20)28-13/h9-12,21-22H,5-8H2,1-4H3,(H,29,30)/t21-/m0/s1. The zero-order valence-corrected chi connectivity index (χ0v) is 19.5. The molecule has 4 rings (SSSR count). The van der Waals surface area contributed by atoms with E-state index in [1.807, 2.05) is 20.8 Å². The Bertz CT molecular complexity index is 1160. The van der Waals surface area contributed by atoms with E-state index in [0.717, 1.165) is 41.5 Å². The first-order valence-corrected chi connectivity index (χ1v) is 11.6. The Hall–Kier alpha value is -2.38. The summed E-state index contributed by atoms with van der Waals surface area (Å²) in [6.45, 7) is 7.24. The molecule has 4 nitrogen and oxygen atoms in total. The topological polar surface area (TPSA) is 59.4 Å². The van der Waals surface area contributed by atoms with Gasteiger partial charge in [-0.25, -0.2) is 18.6 Å². The van der Waals surface area contributed by atoms with Gasteiger partial charge in [0.2, 0.25) is 0 Å². The quantitative estimate of drug-likeness (QED) is 0.445. The van der Waals surface area contributed by atoms with Crippen molar-refractivity contribution in [1.82, 2.24) is 4.98 Å². The Balaban J connectivity index is 2.05. The number of pyridine rings is 1. The lowest BCUT2D eigenvalue weighted by Gasteiger charge is -2.28. The smallest absolute Gasteiger partial charge is 0.337 e. The van der Waals surface area contributed by atoms with Gasteiger partial charge in [0.15, 0.2) is 6.10 Å². The highest BCUT2D eigenvalue weighted by Gasteiger charge is 2.34. The van der Waals surface area contributed by atoms with E-state index in [9.17, 15) is 18.7 Å². The lowest BCUT2D eigenvalue weighted by Crippen LogP contribution is -2.28. The van der Waals surface area contributed by atoms with Crippen molar-refractivity contribution in [3.8, 4) is 11.1 Å². The first-order chi connectivity index (χ1) is 15.1. The molecule has 0 bridgehead atoms. The highest BCUT2D eigenvalue weighted by atomic mass is 32.1. The Morgan fingerprint density at radius 2 is 1.81 bits per heavy atom. The minimum atomic E-state index is -2.56. The largest absolute Gasteiger partial charge is 0.479 e. The molecule has 0 fully saturated rings. The summed E-state index contributed by atoms with van der Waals surface area (Å²) >= 11 is 1.65. The molecule has 1 aromatic carbocycles. The Morgan fingerprint density at radius 3 is 2.41 bits per heavy atom. The van der Waals surface area contributed by atoms with Gasteiger partial charge >= 0.3 is 5.97 Å². The summed E-state index contributed by atoms with van der Waals surface area (Å²) < 4.78 is 32.4. The van der Waals surface area contributed by atoms with E-state index < -0.39 is 24.1 Å². The number of aromatic nitrogens is 1. The predicted molar refractivity (Wildman–Crippen MR) is 123 cm³/mol. The van der Waals surface area contributed by atoms with Gasteiger partial charge in [-0.1, -0.05) is 24.3 Å². The van der Waals surface area contributed by atoms with Gasteiger partial charge in [0.1, 0.15) is 4.83 Å². The number of aryl methyl sites for hydroxylation is 3. The average Bonchev–Trinajstić information content (AvgIpc) is 3.08. The van der Waals surface area contributed by atoms with Crippen LogP contribution < -0.4 is 0 Å². The van der Waals surface area contributed by atoms with E-state index in [1.165, 1.54) is 22.6 Å². The number of hydrogen-bond donors (Lipinski definition) is 1. The number of fused-ring (bicyclic) bond motifs is 3. The molecule has 1 aliphatic carbocycles. The predicted octanol–water partition coefficient (Wildman–Crippen LogP) is 7.03. The van der Waals surface area contributed by atoms with E-state index in [1.54, 1.807) is 30.4 Å². The SMILES string of the molecule is Cc1nc2sc3c(c2c(-c2ccc(C(F)F)cc2)c1[C@H](OC(C)(C)C)C(=O)O)CCCC3. The maximum Gasteiger partial charge on any atom is 0.337 e. The summed E-state index contributed by atoms with van der Waals surface area (Å²) in [6, 6.07) is 6.12. The Kier molecular flexibility index (Phi) is 6.07. The number of rotatable bonds is 5. The maximum absolute atomic E-state index is 13.2. The number of aliphatic carboxylic acids is 1. The monoisotopic (exact) mass is 459 g/mol. The van der Waals surface area contributed by atoms with Crippen LogP contribution in [-0.4, -0.2) is 21.7 Å². The second kappa shape index (κ2) is 8.52. The molecule has 1 aliphatic rings. The minimum Gasteiger partial charge on any atom is -0.479 e. The third-order valence-electron chi connectivity index (χ3n) is 5.74. The van der Waals surface area contributed by atoms with Crippen molar-refractivity contribution >= 4 is 27.5 Å². The maximum atomic E-state index is 13.2. The van der Waals surface area contributed by atoms with Gasteiger partial charge in [-0.3, -0.25) is 0 Å². The van der Waals surface area contributed by atoms with E-state index in [4.69, 9.17) is 9.72 Å². The third-order valence-corrected chi connectivity index (χ3v) is 6.93. The van der Waals surface area contributed by atoms with Crippen molar-refractivity contribution in [2.75, 3.05) is 0 Å². The van der Waals surface area contributed by atoms with E-state index >= 15 is 0 Å². The van der Waals surface area contributed by atoms with Gasteiger partial charge in [0, 0.05) is 32.6 Å². The van der Waals surface area contributed by atoms with E-state index in [2.05, 4.69) is 0 Å². The van der Waals surface area contributed by atoms with Crippen LogP contribution in [0.5, 0.6) is 0 Å². The number of alkyl halides is 2. The van der Waals surface area contributed by atoms with Crippen molar-refractivity contribution in [2.24, 2.45) is 0 Å². The number of halogens is 2. The number of hydrogen-bond acceptors (Lipinski definition) is 4.